The van der Waals surface area contributed by atoms with Crippen molar-refractivity contribution >= 4 is 23.2 Å². The van der Waals surface area contributed by atoms with E-state index in [2.05, 4.69) is 19.8 Å². The Morgan fingerprint density at radius 2 is 1.69 bits per heavy atom. The molecule has 4 nitrogen and oxygen atoms in total. The van der Waals surface area contributed by atoms with Crippen LogP contribution in [0.3, 0.4) is 0 Å². The second-order valence-corrected chi connectivity index (χ2v) is 5.00. The summed E-state index contributed by atoms with van der Waals surface area (Å²) in [7, 11) is 0. The van der Waals surface area contributed by atoms with Gasteiger partial charge in [0.05, 0.1) is 6.04 Å². The summed E-state index contributed by atoms with van der Waals surface area (Å²) in [4.78, 5) is 13.4. The maximum atomic E-state index is 5.90. The van der Waals surface area contributed by atoms with Gasteiger partial charge < -0.3 is 0 Å². The van der Waals surface area contributed by atoms with Crippen LogP contribution in [-0.4, -0.2) is 52.5 Å². The van der Waals surface area contributed by atoms with Crippen molar-refractivity contribution in [2.24, 2.45) is 0 Å². The number of hydrogen-bond acceptors (Lipinski definition) is 4. The number of nitrogens with zero attached hydrogens (tertiary/aromatic N) is 4. The molecule has 3 aliphatic rings. The molecule has 86 valence electrons. The van der Waals surface area contributed by atoms with E-state index in [0.717, 1.165) is 38.5 Å². The zero-order chi connectivity index (χ0) is 11.1. The maximum Gasteiger partial charge on any atom is 0.150 e. The average molecular weight is 259 g/mol. The topological polar surface area (TPSA) is 32.3 Å². The van der Waals surface area contributed by atoms with Gasteiger partial charge in [-0.05, 0) is 0 Å². The summed E-state index contributed by atoms with van der Waals surface area (Å²) in [6.45, 7) is 5.43. The summed E-state index contributed by atoms with van der Waals surface area (Å²) in [5.74, 6) is 0.752. The molecule has 2 bridgehead atoms. The van der Waals surface area contributed by atoms with Crippen molar-refractivity contribution in [2.75, 3.05) is 32.7 Å². The molecule has 1 aromatic heterocycles. The first-order valence-electron chi connectivity index (χ1n) is 5.39. The minimum atomic E-state index is 0.249. The van der Waals surface area contributed by atoms with Crippen LogP contribution in [0.5, 0.6) is 0 Å². The molecular weight excluding hydrogens is 247 g/mol. The van der Waals surface area contributed by atoms with E-state index in [9.17, 15) is 0 Å². The molecule has 0 aromatic carbocycles. The first kappa shape index (κ1) is 10.7. The highest BCUT2D eigenvalue weighted by Crippen LogP contribution is 2.28. The molecule has 3 fully saturated rings. The predicted octanol–water partition coefficient (Wildman–Crippen LogP) is 1.46. The molecule has 1 aromatic rings. The molecular formula is C10H12Cl2N4. The van der Waals surface area contributed by atoms with Crippen molar-refractivity contribution in [3.63, 3.8) is 0 Å². The van der Waals surface area contributed by atoms with Crippen molar-refractivity contribution in [2.45, 2.75) is 6.04 Å². The Kier molecular flexibility index (Phi) is 2.75. The number of halogens is 2. The van der Waals surface area contributed by atoms with Crippen LogP contribution in [0.15, 0.2) is 6.07 Å². The Morgan fingerprint density at radius 1 is 1.06 bits per heavy atom. The summed E-state index contributed by atoms with van der Waals surface area (Å²) >= 11 is 11.8. The molecule has 3 saturated heterocycles. The van der Waals surface area contributed by atoms with Gasteiger partial charge in [-0.2, -0.15) is 0 Å². The summed E-state index contributed by atoms with van der Waals surface area (Å²) < 4.78 is 0. The van der Waals surface area contributed by atoms with Crippen LogP contribution in [0.25, 0.3) is 0 Å². The standard InChI is InChI=1S/C10H12Cl2N4/c11-8-5-9(12)14-10(13-8)7-6-15-1-3-16(7)4-2-15/h5,7H,1-4,6H2. The lowest BCUT2D eigenvalue weighted by Crippen LogP contribution is -2.57. The van der Waals surface area contributed by atoms with Crippen molar-refractivity contribution in [3.8, 4) is 0 Å². The highest BCUT2D eigenvalue weighted by Gasteiger charge is 2.34. The smallest absolute Gasteiger partial charge is 0.150 e. The maximum absolute atomic E-state index is 5.90. The van der Waals surface area contributed by atoms with E-state index in [4.69, 9.17) is 23.2 Å². The highest BCUT2D eigenvalue weighted by atomic mass is 35.5. The quantitative estimate of drug-likeness (QED) is 0.715. The van der Waals surface area contributed by atoms with Crippen molar-refractivity contribution in [1.82, 2.24) is 19.8 Å². The Labute approximate surface area is 104 Å². The van der Waals surface area contributed by atoms with Crippen LogP contribution in [0.1, 0.15) is 11.9 Å². The predicted molar refractivity (Wildman–Crippen MR) is 62.8 cm³/mol. The van der Waals surface area contributed by atoms with Gasteiger partial charge in [0, 0.05) is 38.8 Å². The molecule has 1 unspecified atom stereocenters. The van der Waals surface area contributed by atoms with Crippen molar-refractivity contribution < 1.29 is 0 Å². The molecule has 1 atom stereocenters. The van der Waals surface area contributed by atoms with Gasteiger partial charge in [-0.25, -0.2) is 9.97 Å². The van der Waals surface area contributed by atoms with Gasteiger partial charge in [-0.3, -0.25) is 9.80 Å². The van der Waals surface area contributed by atoms with E-state index in [1.165, 1.54) is 0 Å². The van der Waals surface area contributed by atoms with Crippen LogP contribution in [-0.2, 0) is 0 Å². The average Bonchev–Trinajstić information content (AvgIpc) is 2.29. The van der Waals surface area contributed by atoms with Crippen molar-refractivity contribution in [3.05, 3.63) is 22.2 Å². The minimum absolute atomic E-state index is 0.249. The van der Waals surface area contributed by atoms with Crippen LogP contribution < -0.4 is 0 Å². The van der Waals surface area contributed by atoms with Gasteiger partial charge in [-0.15, -0.1) is 0 Å². The van der Waals surface area contributed by atoms with E-state index in [-0.39, 0.29) is 6.04 Å². The van der Waals surface area contributed by atoms with E-state index < -0.39 is 0 Å². The van der Waals surface area contributed by atoms with Crippen LogP contribution in [0.4, 0.5) is 0 Å². The molecule has 4 rings (SSSR count). The third-order valence-corrected chi connectivity index (χ3v) is 3.65. The summed E-state index contributed by atoms with van der Waals surface area (Å²) in [5, 5.41) is 0.847. The fourth-order valence-corrected chi connectivity index (χ4v) is 2.85. The zero-order valence-electron chi connectivity index (χ0n) is 8.74. The van der Waals surface area contributed by atoms with Gasteiger partial charge in [-0.1, -0.05) is 23.2 Å². The number of piperazine rings is 3. The van der Waals surface area contributed by atoms with Crippen LogP contribution in [0.2, 0.25) is 10.3 Å². The highest BCUT2D eigenvalue weighted by molar-refractivity contribution is 6.33. The summed E-state index contributed by atoms with van der Waals surface area (Å²) in [5.41, 5.74) is 0. The Bertz CT molecular complexity index is 384. The third-order valence-electron chi connectivity index (χ3n) is 3.26. The fourth-order valence-electron chi connectivity index (χ4n) is 2.42. The number of fused-ring (bicyclic) bond motifs is 3. The molecule has 0 aliphatic carbocycles. The lowest BCUT2D eigenvalue weighted by atomic mass is 10.1. The zero-order valence-corrected chi connectivity index (χ0v) is 10.2. The van der Waals surface area contributed by atoms with E-state index >= 15 is 0 Å². The molecule has 3 aliphatic heterocycles. The molecule has 16 heavy (non-hydrogen) atoms. The monoisotopic (exact) mass is 258 g/mol. The van der Waals surface area contributed by atoms with Gasteiger partial charge in [0.2, 0.25) is 0 Å². The normalized spacial score (nSPS) is 33.0. The molecule has 0 saturated carbocycles. The van der Waals surface area contributed by atoms with Crippen LogP contribution >= 0.6 is 23.2 Å². The first-order valence-corrected chi connectivity index (χ1v) is 6.14. The summed E-state index contributed by atoms with van der Waals surface area (Å²) in [6.07, 6.45) is 0. The molecule has 0 N–H and O–H groups in total. The molecule has 0 amide bonds. The molecule has 0 spiro atoms. The second kappa shape index (κ2) is 4.11. The lowest BCUT2D eigenvalue weighted by Gasteiger charge is -2.46. The van der Waals surface area contributed by atoms with E-state index in [1.54, 1.807) is 6.07 Å². The number of hydrogen-bond donors (Lipinski definition) is 0. The van der Waals surface area contributed by atoms with Gasteiger partial charge in [0.1, 0.15) is 16.1 Å². The van der Waals surface area contributed by atoms with Crippen LogP contribution in [0, 0.1) is 0 Å². The van der Waals surface area contributed by atoms with Gasteiger partial charge in [0.25, 0.3) is 0 Å². The second-order valence-electron chi connectivity index (χ2n) is 4.22. The van der Waals surface area contributed by atoms with Gasteiger partial charge in [0.15, 0.2) is 0 Å². The molecule has 0 radical (unpaired) electrons. The molecule has 4 heterocycles. The van der Waals surface area contributed by atoms with Gasteiger partial charge >= 0.3 is 0 Å². The van der Waals surface area contributed by atoms with Crippen molar-refractivity contribution in [1.29, 1.82) is 0 Å². The third kappa shape index (κ3) is 1.91. The first-order chi connectivity index (χ1) is 7.72. The number of rotatable bonds is 1. The van der Waals surface area contributed by atoms with E-state index in [1.807, 2.05) is 0 Å². The molecule has 6 heteroatoms. The Morgan fingerprint density at radius 3 is 2.19 bits per heavy atom. The summed E-state index contributed by atoms with van der Waals surface area (Å²) in [6, 6.07) is 1.82. The largest absolute Gasteiger partial charge is 0.299 e. The fraction of sp³-hybridized carbons (Fsp3) is 0.600. The Balaban J connectivity index is 1.91. The SMILES string of the molecule is Clc1cc(Cl)nc(C2CN3CCN2CC3)n1. The number of aromatic nitrogens is 2. The van der Waals surface area contributed by atoms with E-state index in [0.29, 0.717) is 10.3 Å². The Hall–Kier alpha value is -0.420. The lowest BCUT2D eigenvalue weighted by molar-refractivity contribution is 0.00866. The minimum Gasteiger partial charge on any atom is -0.299 e.